The van der Waals surface area contributed by atoms with Gasteiger partial charge in [0.1, 0.15) is 24.3 Å². The van der Waals surface area contributed by atoms with E-state index in [0.717, 1.165) is 0 Å². The topological polar surface area (TPSA) is 61.6 Å². The first-order chi connectivity index (χ1) is 8.29. The van der Waals surface area contributed by atoms with Crippen molar-refractivity contribution >= 4 is 5.97 Å². The predicted molar refractivity (Wildman–Crippen MR) is 58.6 cm³/mol. The van der Waals surface area contributed by atoms with Gasteiger partial charge in [0.15, 0.2) is 0 Å². The van der Waals surface area contributed by atoms with E-state index in [9.17, 15) is 4.79 Å². The number of aromatic nitrogens is 1. The lowest BCUT2D eigenvalue weighted by Gasteiger charge is -2.05. The Bertz CT molecular complexity index is 493. The van der Waals surface area contributed by atoms with Crippen LogP contribution in [0, 0.1) is 0 Å². The van der Waals surface area contributed by atoms with Crippen molar-refractivity contribution < 1.29 is 18.8 Å². The summed E-state index contributed by atoms with van der Waals surface area (Å²) in [6.45, 7) is 0.293. The first-order valence-electron chi connectivity index (χ1n) is 5.00. The highest BCUT2D eigenvalue weighted by Crippen LogP contribution is 2.15. The second-order valence-corrected chi connectivity index (χ2v) is 3.30. The maximum absolute atomic E-state index is 11.3. The SMILES string of the molecule is COC(=O)c1cccc(OCc2ccon2)c1. The fraction of sp³-hybridized carbons (Fsp3) is 0.167. The number of rotatable bonds is 4. The van der Waals surface area contributed by atoms with Crippen LogP contribution < -0.4 is 4.74 Å². The molecule has 0 atom stereocenters. The summed E-state index contributed by atoms with van der Waals surface area (Å²) >= 11 is 0. The Morgan fingerprint density at radius 3 is 3.00 bits per heavy atom. The summed E-state index contributed by atoms with van der Waals surface area (Å²) in [6.07, 6.45) is 1.48. The van der Waals surface area contributed by atoms with Crippen molar-refractivity contribution in [1.29, 1.82) is 0 Å². The average Bonchev–Trinajstić information content (AvgIpc) is 2.89. The molecule has 2 aromatic rings. The molecule has 0 fully saturated rings. The summed E-state index contributed by atoms with van der Waals surface area (Å²) in [5.74, 6) is 0.188. The number of hydrogen-bond acceptors (Lipinski definition) is 5. The normalized spacial score (nSPS) is 9.94. The van der Waals surface area contributed by atoms with Gasteiger partial charge in [0.05, 0.1) is 12.7 Å². The molecule has 5 nitrogen and oxygen atoms in total. The zero-order valence-corrected chi connectivity index (χ0v) is 9.25. The molecule has 0 bridgehead atoms. The van der Waals surface area contributed by atoms with Crippen molar-refractivity contribution in [2.45, 2.75) is 6.61 Å². The highest BCUT2D eigenvalue weighted by molar-refractivity contribution is 5.89. The summed E-state index contributed by atoms with van der Waals surface area (Å²) in [4.78, 5) is 11.3. The number of nitrogens with zero attached hydrogens (tertiary/aromatic N) is 1. The minimum absolute atomic E-state index is 0.293. The first kappa shape index (κ1) is 11.2. The number of carbonyl (C=O) groups excluding carboxylic acids is 1. The number of esters is 1. The Hall–Kier alpha value is -2.30. The summed E-state index contributed by atoms with van der Waals surface area (Å²) in [5, 5.41) is 3.71. The van der Waals surface area contributed by atoms with Crippen LogP contribution in [0.4, 0.5) is 0 Å². The minimum Gasteiger partial charge on any atom is -0.487 e. The lowest BCUT2D eigenvalue weighted by molar-refractivity contribution is 0.0600. The quantitative estimate of drug-likeness (QED) is 0.756. The third-order valence-electron chi connectivity index (χ3n) is 2.13. The molecule has 0 saturated carbocycles. The maximum atomic E-state index is 11.3. The number of methoxy groups -OCH3 is 1. The lowest BCUT2D eigenvalue weighted by atomic mass is 10.2. The van der Waals surface area contributed by atoms with E-state index in [1.807, 2.05) is 0 Å². The molecule has 1 heterocycles. The third-order valence-corrected chi connectivity index (χ3v) is 2.13. The molecule has 0 aliphatic carbocycles. The van der Waals surface area contributed by atoms with Gasteiger partial charge in [0.2, 0.25) is 0 Å². The molecular weight excluding hydrogens is 222 g/mol. The van der Waals surface area contributed by atoms with E-state index >= 15 is 0 Å². The van der Waals surface area contributed by atoms with E-state index in [-0.39, 0.29) is 0 Å². The molecule has 2 rings (SSSR count). The number of hydrogen-bond donors (Lipinski definition) is 0. The van der Waals surface area contributed by atoms with Crippen LogP contribution in [0.1, 0.15) is 16.1 Å². The van der Waals surface area contributed by atoms with E-state index in [0.29, 0.717) is 23.6 Å². The molecule has 0 aliphatic heterocycles. The van der Waals surface area contributed by atoms with Gasteiger partial charge < -0.3 is 14.0 Å². The highest BCUT2D eigenvalue weighted by atomic mass is 16.5. The molecular formula is C12H11NO4. The van der Waals surface area contributed by atoms with Crippen LogP contribution in [-0.2, 0) is 11.3 Å². The lowest BCUT2D eigenvalue weighted by Crippen LogP contribution is -2.02. The zero-order valence-electron chi connectivity index (χ0n) is 9.25. The summed E-state index contributed by atoms with van der Waals surface area (Å²) in [7, 11) is 1.34. The fourth-order valence-corrected chi connectivity index (χ4v) is 1.30. The molecule has 0 amide bonds. The fourth-order valence-electron chi connectivity index (χ4n) is 1.30. The first-order valence-corrected chi connectivity index (χ1v) is 5.00. The average molecular weight is 233 g/mol. The van der Waals surface area contributed by atoms with Crippen molar-refractivity contribution in [2.24, 2.45) is 0 Å². The van der Waals surface area contributed by atoms with Crippen molar-refractivity contribution in [3.63, 3.8) is 0 Å². The predicted octanol–water partition coefficient (Wildman–Crippen LogP) is 2.04. The molecule has 0 saturated heterocycles. The molecule has 1 aromatic heterocycles. The Morgan fingerprint density at radius 2 is 2.29 bits per heavy atom. The largest absolute Gasteiger partial charge is 0.487 e. The van der Waals surface area contributed by atoms with E-state index in [2.05, 4.69) is 14.4 Å². The molecule has 5 heteroatoms. The van der Waals surface area contributed by atoms with Crippen LogP contribution in [0.5, 0.6) is 5.75 Å². The van der Waals surface area contributed by atoms with Gasteiger partial charge in [-0.25, -0.2) is 4.79 Å². The molecule has 88 valence electrons. The Morgan fingerprint density at radius 1 is 1.41 bits per heavy atom. The molecule has 17 heavy (non-hydrogen) atoms. The van der Waals surface area contributed by atoms with Crippen molar-refractivity contribution in [1.82, 2.24) is 5.16 Å². The van der Waals surface area contributed by atoms with Crippen molar-refractivity contribution in [3.8, 4) is 5.75 Å². The van der Waals surface area contributed by atoms with Gasteiger partial charge in [-0.2, -0.15) is 0 Å². The Labute approximate surface area is 97.9 Å². The molecule has 0 radical (unpaired) electrons. The molecule has 1 aromatic carbocycles. The minimum atomic E-state index is -0.392. The van der Waals surface area contributed by atoms with Crippen molar-refractivity contribution in [2.75, 3.05) is 7.11 Å². The molecule has 0 spiro atoms. The summed E-state index contributed by atoms with van der Waals surface area (Å²) < 4.78 is 14.8. The van der Waals surface area contributed by atoms with Gasteiger partial charge in [0.25, 0.3) is 0 Å². The van der Waals surface area contributed by atoms with Crippen LogP contribution in [0.3, 0.4) is 0 Å². The van der Waals surface area contributed by atoms with Crippen LogP contribution in [0.15, 0.2) is 41.1 Å². The van der Waals surface area contributed by atoms with Crippen LogP contribution in [-0.4, -0.2) is 18.2 Å². The molecule has 0 aliphatic rings. The van der Waals surface area contributed by atoms with Crippen molar-refractivity contribution in [3.05, 3.63) is 47.9 Å². The van der Waals surface area contributed by atoms with Gasteiger partial charge >= 0.3 is 5.97 Å². The summed E-state index contributed by atoms with van der Waals surface area (Å²) in [5.41, 5.74) is 1.14. The van der Waals surface area contributed by atoms with Crippen LogP contribution >= 0.6 is 0 Å². The van der Waals surface area contributed by atoms with Gasteiger partial charge in [-0.1, -0.05) is 11.2 Å². The standard InChI is InChI=1S/C12H11NO4/c1-15-12(14)9-3-2-4-11(7-9)16-8-10-5-6-17-13-10/h2-7H,8H2,1H3. The van der Waals surface area contributed by atoms with E-state index in [1.165, 1.54) is 13.4 Å². The highest BCUT2D eigenvalue weighted by Gasteiger charge is 2.06. The van der Waals surface area contributed by atoms with Gasteiger partial charge in [-0.3, -0.25) is 0 Å². The van der Waals surface area contributed by atoms with Crippen LogP contribution in [0.2, 0.25) is 0 Å². The Kier molecular flexibility index (Phi) is 3.40. The van der Waals surface area contributed by atoms with E-state index < -0.39 is 5.97 Å². The number of ether oxygens (including phenoxy) is 2. The summed E-state index contributed by atoms with van der Waals surface area (Å²) in [6, 6.07) is 8.47. The van der Waals surface area contributed by atoms with Gasteiger partial charge in [-0.15, -0.1) is 0 Å². The van der Waals surface area contributed by atoms with E-state index in [4.69, 9.17) is 4.74 Å². The number of carbonyl (C=O) groups is 1. The maximum Gasteiger partial charge on any atom is 0.337 e. The van der Waals surface area contributed by atoms with Gasteiger partial charge in [-0.05, 0) is 18.2 Å². The second-order valence-electron chi connectivity index (χ2n) is 3.30. The molecule has 0 N–H and O–H groups in total. The van der Waals surface area contributed by atoms with E-state index in [1.54, 1.807) is 30.3 Å². The molecule has 0 unspecified atom stereocenters. The van der Waals surface area contributed by atoms with Gasteiger partial charge in [0, 0.05) is 6.07 Å². The second kappa shape index (κ2) is 5.16. The number of benzene rings is 1. The smallest absolute Gasteiger partial charge is 0.337 e. The van der Waals surface area contributed by atoms with Crippen LogP contribution in [0.25, 0.3) is 0 Å². The third kappa shape index (κ3) is 2.84. The Balaban J connectivity index is 2.03. The zero-order chi connectivity index (χ0) is 12.1. The monoisotopic (exact) mass is 233 g/mol.